The second kappa shape index (κ2) is 5.38. The van der Waals surface area contributed by atoms with Crippen LogP contribution in [0, 0.1) is 5.82 Å². The summed E-state index contributed by atoms with van der Waals surface area (Å²) in [5.41, 5.74) is 0.685. The van der Waals surface area contributed by atoms with Crippen LogP contribution >= 0.6 is 11.6 Å². The summed E-state index contributed by atoms with van der Waals surface area (Å²) >= 11 is 5.77. The van der Waals surface area contributed by atoms with E-state index >= 15 is 0 Å². The van der Waals surface area contributed by atoms with E-state index in [9.17, 15) is 9.50 Å². The zero-order valence-corrected chi connectivity index (χ0v) is 10.5. The number of methoxy groups -OCH3 is 1. The molecule has 18 heavy (non-hydrogen) atoms. The van der Waals surface area contributed by atoms with Crippen LogP contribution in [-0.2, 0) is 0 Å². The summed E-state index contributed by atoms with van der Waals surface area (Å²) < 4.78 is 18.9. The van der Waals surface area contributed by atoms with E-state index in [0.29, 0.717) is 16.3 Å². The molecule has 2 aromatic rings. The molecule has 1 unspecified atom stereocenters. The Morgan fingerprint density at radius 3 is 2.44 bits per heavy atom. The van der Waals surface area contributed by atoms with Gasteiger partial charge in [0.05, 0.1) is 12.7 Å². The number of rotatable bonds is 3. The van der Waals surface area contributed by atoms with Crippen molar-refractivity contribution in [2.45, 2.75) is 6.10 Å². The summed E-state index contributed by atoms with van der Waals surface area (Å²) in [5, 5.41) is 10.8. The third-order valence-corrected chi connectivity index (χ3v) is 2.94. The lowest BCUT2D eigenvalue weighted by Gasteiger charge is -2.16. The summed E-state index contributed by atoms with van der Waals surface area (Å²) in [6.45, 7) is 0. The molecule has 0 bridgehead atoms. The third-order valence-electron chi connectivity index (χ3n) is 2.69. The topological polar surface area (TPSA) is 29.5 Å². The van der Waals surface area contributed by atoms with Gasteiger partial charge in [0.25, 0.3) is 0 Å². The first-order valence-electron chi connectivity index (χ1n) is 5.39. The van der Waals surface area contributed by atoms with Gasteiger partial charge in [-0.1, -0.05) is 29.8 Å². The highest BCUT2D eigenvalue weighted by atomic mass is 35.5. The highest BCUT2D eigenvalue weighted by Crippen LogP contribution is 2.32. The highest BCUT2D eigenvalue weighted by molar-refractivity contribution is 6.30. The first-order valence-corrected chi connectivity index (χ1v) is 5.77. The minimum Gasteiger partial charge on any atom is -0.496 e. The molecule has 0 radical (unpaired) electrons. The van der Waals surface area contributed by atoms with Crippen molar-refractivity contribution in [2.75, 3.05) is 7.11 Å². The van der Waals surface area contributed by atoms with E-state index in [1.54, 1.807) is 30.3 Å². The zero-order chi connectivity index (χ0) is 13.1. The molecule has 2 rings (SSSR count). The second-order valence-electron chi connectivity index (χ2n) is 3.81. The van der Waals surface area contributed by atoms with Crippen molar-refractivity contribution in [3.8, 4) is 5.75 Å². The molecule has 1 atom stereocenters. The molecular weight excluding hydrogens is 255 g/mol. The fraction of sp³-hybridized carbons (Fsp3) is 0.143. The lowest BCUT2D eigenvalue weighted by molar-refractivity contribution is 0.209. The molecule has 1 N–H and O–H groups in total. The molecule has 2 nitrogen and oxygen atoms in total. The monoisotopic (exact) mass is 266 g/mol. The molecule has 0 aromatic heterocycles. The van der Waals surface area contributed by atoms with Crippen molar-refractivity contribution >= 4 is 11.6 Å². The normalized spacial score (nSPS) is 12.2. The summed E-state index contributed by atoms with van der Waals surface area (Å²) in [6, 6.07) is 11.0. The average Bonchev–Trinajstić information content (AvgIpc) is 2.38. The summed E-state index contributed by atoms with van der Waals surface area (Å²) in [6.07, 6.45) is -1.08. The van der Waals surface area contributed by atoms with Crippen LogP contribution in [0.4, 0.5) is 4.39 Å². The SMILES string of the molecule is COc1cccc(F)c1C(O)c1ccc(Cl)cc1. The first-order chi connectivity index (χ1) is 8.63. The average molecular weight is 267 g/mol. The lowest BCUT2D eigenvalue weighted by Crippen LogP contribution is -2.05. The Labute approximate surface area is 110 Å². The van der Waals surface area contributed by atoms with Gasteiger partial charge < -0.3 is 9.84 Å². The fourth-order valence-corrected chi connectivity index (χ4v) is 1.90. The molecule has 0 saturated heterocycles. The van der Waals surface area contributed by atoms with Crippen LogP contribution in [0.5, 0.6) is 5.75 Å². The number of aliphatic hydroxyl groups excluding tert-OH is 1. The van der Waals surface area contributed by atoms with E-state index < -0.39 is 11.9 Å². The van der Waals surface area contributed by atoms with E-state index in [1.165, 1.54) is 19.2 Å². The second-order valence-corrected chi connectivity index (χ2v) is 4.25. The molecule has 2 aromatic carbocycles. The van der Waals surface area contributed by atoms with Crippen molar-refractivity contribution in [1.29, 1.82) is 0 Å². The number of hydrogen-bond acceptors (Lipinski definition) is 2. The largest absolute Gasteiger partial charge is 0.496 e. The van der Waals surface area contributed by atoms with Crippen molar-refractivity contribution in [3.63, 3.8) is 0 Å². The van der Waals surface area contributed by atoms with Gasteiger partial charge in [0.2, 0.25) is 0 Å². The molecule has 0 heterocycles. The van der Waals surface area contributed by atoms with Crippen molar-refractivity contribution < 1.29 is 14.2 Å². The van der Waals surface area contributed by atoms with Gasteiger partial charge in [0, 0.05) is 5.02 Å². The van der Waals surface area contributed by atoms with E-state index in [1.807, 2.05) is 0 Å². The Morgan fingerprint density at radius 1 is 1.17 bits per heavy atom. The van der Waals surface area contributed by atoms with Gasteiger partial charge in [-0.05, 0) is 29.8 Å². The summed E-state index contributed by atoms with van der Waals surface area (Å²) in [4.78, 5) is 0. The van der Waals surface area contributed by atoms with Crippen LogP contribution in [0.3, 0.4) is 0 Å². The Kier molecular flexibility index (Phi) is 3.84. The highest BCUT2D eigenvalue weighted by Gasteiger charge is 2.19. The van der Waals surface area contributed by atoms with Crippen molar-refractivity contribution in [2.24, 2.45) is 0 Å². The van der Waals surface area contributed by atoms with E-state index in [0.717, 1.165) is 0 Å². The molecule has 0 amide bonds. The molecular formula is C14H12ClFO2. The van der Waals surface area contributed by atoms with Crippen molar-refractivity contribution in [3.05, 3.63) is 64.4 Å². The fourth-order valence-electron chi connectivity index (χ4n) is 1.77. The lowest BCUT2D eigenvalue weighted by atomic mass is 10.0. The molecule has 0 spiro atoms. The van der Waals surface area contributed by atoms with Gasteiger partial charge in [-0.3, -0.25) is 0 Å². The van der Waals surface area contributed by atoms with Crippen LogP contribution in [0.25, 0.3) is 0 Å². The van der Waals surface area contributed by atoms with Crippen LogP contribution in [0.2, 0.25) is 5.02 Å². The van der Waals surface area contributed by atoms with Gasteiger partial charge in [-0.2, -0.15) is 0 Å². The maximum atomic E-state index is 13.8. The molecule has 0 aliphatic rings. The van der Waals surface area contributed by atoms with E-state index in [2.05, 4.69) is 0 Å². The summed E-state index contributed by atoms with van der Waals surface area (Å²) in [5.74, 6) is -0.186. The van der Waals surface area contributed by atoms with Crippen LogP contribution in [0.15, 0.2) is 42.5 Å². The number of hydrogen-bond donors (Lipinski definition) is 1. The molecule has 94 valence electrons. The minimum atomic E-state index is -1.08. The van der Waals surface area contributed by atoms with Gasteiger partial charge in [0.15, 0.2) is 0 Å². The molecule has 4 heteroatoms. The van der Waals surface area contributed by atoms with Gasteiger partial charge in [0.1, 0.15) is 17.7 Å². The maximum Gasteiger partial charge on any atom is 0.133 e. The molecule has 0 saturated carbocycles. The van der Waals surface area contributed by atoms with Gasteiger partial charge in [-0.25, -0.2) is 4.39 Å². The van der Waals surface area contributed by atoms with Gasteiger partial charge >= 0.3 is 0 Å². The predicted octanol–water partition coefficient (Wildman–Crippen LogP) is 3.57. The van der Waals surface area contributed by atoms with E-state index in [-0.39, 0.29) is 5.56 Å². The Balaban J connectivity index is 2.45. The van der Waals surface area contributed by atoms with E-state index in [4.69, 9.17) is 16.3 Å². The van der Waals surface area contributed by atoms with Crippen LogP contribution in [0.1, 0.15) is 17.2 Å². The number of ether oxygens (including phenoxy) is 1. The summed E-state index contributed by atoms with van der Waals surface area (Å²) in [7, 11) is 1.44. The predicted molar refractivity (Wildman–Crippen MR) is 68.5 cm³/mol. The third kappa shape index (κ3) is 2.47. The zero-order valence-electron chi connectivity index (χ0n) is 9.73. The number of aliphatic hydroxyl groups is 1. The van der Waals surface area contributed by atoms with Gasteiger partial charge in [-0.15, -0.1) is 0 Å². The minimum absolute atomic E-state index is 0.127. The smallest absolute Gasteiger partial charge is 0.133 e. The molecule has 0 fully saturated rings. The van der Waals surface area contributed by atoms with Crippen molar-refractivity contribution in [1.82, 2.24) is 0 Å². The Morgan fingerprint density at radius 2 is 1.83 bits per heavy atom. The Bertz CT molecular complexity index is 540. The Hall–Kier alpha value is -1.58. The van der Waals surface area contributed by atoms with Crippen LogP contribution < -0.4 is 4.74 Å². The quantitative estimate of drug-likeness (QED) is 0.920. The molecule has 0 aliphatic heterocycles. The maximum absolute atomic E-state index is 13.8. The standard InChI is InChI=1S/C14H12ClFO2/c1-18-12-4-2-3-11(16)13(12)14(17)9-5-7-10(15)8-6-9/h2-8,14,17H,1H3. The molecule has 0 aliphatic carbocycles. The number of benzene rings is 2. The first kappa shape index (κ1) is 12.9. The number of halogens is 2. The van der Waals surface area contributed by atoms with Crippen LogP contribution in [-0.4, -0.2) is 12.2 Å².